The fraction of sp³-hybridized carbons (Fsp3) is 0.450. The highest BCUT2D eigenvalue weighted by atomic mass is 16.5. The Bertz CT molecular complexity index is 698. The van der Waals surface area contributed by atoms with Crippen LogP contribution in [-0.2, 0) is 14.3 Å². The molecular formula is C20H26N2O3. The minimum Gasteiger partial charge on any atom is -0.378 e. The van der Waals surface area contributed by atoms with Gasteiger partial charge in [0.15, 0.2) is 0 Å². The number of rotatable bonds is 8. The Morgan fingerprint density at radius 2 is 2.12 bits per heavy atom. The molecule has 3 N–H and O–H groups in total. The molecular weight excluding hydrogens is 316 g/mol. The molecule has 1 saturated heterocycles. The molecule has 1 amide bonds. The molecule has 2 aromatic rings. The fourth-order valence-electron chi connectivity index (χ4n) is 3.12. The Kier molecular flexibility index (Phi) is 6.39. The first-order chi connectivity index (χ1) is 12.3. The normalized spacial score (nSPS) is 18.4. The predicted molar refractivity (Wildman–Crippen MR) is 98.3 cm³/mol. The number of nitrogens with two attached hydrogens (primary N) is 1. The smallest absolute Gasteiger partial charge is 0.222 e. The second kappa shape index (κ2) is 8.94. The molecule has 0 radical (unpaired) electrons. The van der Waals surface area contributed by atoms with E-state index in [9.17, 15) is 4.79 Å². The first kappa shape index (κ1) is 17.9. The molecule has 0 spiro atoms. The lowest BCUT2D eigenvalue weighted by Gasteiger charge is -2.18. The van der Waals surface area contributed by atoms with Gasteiger partial charge in [0.1, 0.15) is 0 Å². The molecule has 5 nitrogen and oxygen atoms in total. The van der Waals surface area contributed by atoms with E-state index in [4.69, 9.17) is 15.2 Å². The van der Waals surface area contributed by atoms with Crippen LogP contribution in [-0.4, -0.2) is 38.4 Å². The Morgan fingerprint density at radius 1 is 1.28 bits per heavy atom. The molecule has 1 aliphatic rings. The minimum atomic E-state index is -0.185. The van der Waals surface area contributed by atoms with Crippen LogP contribution in [0, 0.1) is 0 Å². The SMILES string of the molecule is NCC(NC(=O)CCOCC1CCCO1)c1ccc2ccccc2c1. The van der Waals surface area contributed by atoms with Crippen molar-refractivity contribution >= 4 is 16.7 Å². The van der Waals surface area contributed by atoms with Crippen molar-refractivity contribution in [3.8, 4) is 0 Å². The van der Waals surface area contributed by atoms with Crippen LogP contribution in [0.1, 0.15) is 30.9 Å². The van der Waals surface area contributed by atoms with E-state index in [1.807, 2.05) is 18.2 Å². The molecule has 2 aromatic carbocycles. The number of hydrogen-bond donors (Lipinski definition) is 2. The summed E-state index contributed by atoms with van der Waals surface area (Å²) in [5.41, 5.74) is 6.90. The van der Waals surface area contributed by atoms with Crippen LogP contribution in [0.2, 0.25) is 0 Å². The summed E-state index contributed by atoms with van der Waals surface area (Å²) < 4.78 is 11.0. The van der Waals surface area contributed by atoms with Gasteiger partial charge in [-0.05, 0) is 35.2 Å². The Labute approximate surface area is 148 Å². The van der Waals surface area contributed by atoms with Gasteiger partial charge in [-0.1, -0.05) is 36.4 Å². The molecule has 1 heterocycles. The molecule has 1 fully saturated rings. The zero-order chi connectivity index (χ0) is 17.5. The van der Waals surface area contributed by atoms with Crippen LogP contribution in [0.4, 0.5) is 0 Å². The second-order valence-electron chi connectivity index (χ2n) is 6.42. The number of carbonyl (C=O) groups is 1. The number of carbonyl (C=O) groups excluding carboxylic acids is 1. The van der Waals surface area contributed by atoms with Gasteiger partial charge in [-0.25, -0.2) is 0 Å². The summed E-state index contributed by atoms with van der Waals surface area (Å²) in [5.74, 6) is -0.0454. The molecule has 0 bridgehead atoms. The van der Waals surface area contributed by atoms with Crippen molar-refractivity contribution in [1.29, 1.82) is 0 Å². The van der Waals surface area contributed by atoms with Crippen molar-refractivity contribution in [1.82, 2.24) is 5.32 Å². The van der Waals surface area contributed by atoms with Crippen molar-refractivity contribution in [2.75, 3.05) is 26.4 Å². The van der Waals surface area contributed by atoms with Crippen LogP contribution in [0.5, 0.6) is 0 Å². The number of amides is 1. The minimum absolute atomic E-state index is 0.0454. The summed E-state index contributed by atoms with van der Waals surface area (Å²) in [4.78, 5) is 12.2. The van der Waals surface area contributed by atoms with Gasteiger partial charge in [-0.15, -0.1) is 0 Å². The van der Waals surface area contributed by atoms with Crippen molar-refractivity contribution in [2.24, 2.45) is 5.73 Å². The molecule has 2 atom stereocenters. The molecule has 0 aliphatic carbocycles. The maximum atomic E-state index is 12.2. The quantitative estimate of drug-likeness (QED) is 0.723. The Balaban J connectivity index is 1.49. The van der Waals surface area contributed by atoms with Crippen LogP contribution in [0.15, 0.2) is 42.5 Å². The zero-order valence-corrected chi connectivity index (χ0v) is 14.4. The molecule has 0 aromatic heterocycles. The van der Waals surface area contributed by atoms with Crippen molar-refractivity contribution in [3.05, 3.63) is 48.0 Å². The summed E-state index contributed by atoms with van der Waals surface area (Å²) in [7, 11) is 0. The number of benzene rings is 2. The van der Waals surface area contributed by atoms with Crippen LogP contribution in [0.25, 0.3) is 10.8 Å². The third-order valence-electron chi connectivity index (χ3n) is 4.55. The zero-order valence-electron chi connectivity index (χ0n) is 14.4. The summed E-state index contributed by atoms with van der Waals surface area (Å²) in [6.07, 6.45) is 2.66. The highest BCUT2D eigenvalue weighted by Gasteiger charge is 2.16. The van der Waals surface area contributed by atoms with E-state index in [2.05, 4.69) is 29.6 Å². The van der Waals surface area contributed by atoms with Crippen molar-refractivity contribution in [3.63, 3.8) is 0 Å². The fourth-order valence-corrected chi connectivity index (χ4v) is 3.12. The van der Waals surface area contributed by atoms with E-state index in [1.165, 1.54) is 5.39 Å². The van der Waals surface area contributed by atoms with Gasteiger partial charge in [0, 0.05) is 19.6 Å². The van der Waals surface area contributed by atoms with Crippen LogP contribution < -0.4 is 11.1 Å². The van der Waals surface area contributed by atoms with Gasteiger partial charge < -0.3 is 20.5 Å². The molecule has 2 unspecified atom stereocenters. The number of ether oxygens (including phenoxy) is 2. The topological polar surface area (TPSA) is 73.6 Å². The standard InChI is InChI=1S/C20H26N2O3/c21-13-19(17-8-7-15-4-1-2-5-16(15)12-17)22-20(23)9-11-24-14-18-6-3-10-25-18/h1-2,4-5,7-8,12,18-19H,3,6,9-11,13-14,21H2,(H,22,23). The second-order valence-corrected chi connectivity index (χ2v) is 6.42. The maximum absolute atomic E-state index is 12.2. The van der Waals surface area contributed by atoms with Crippen molar-refractivity contribution in [2.45, 2.75) is 31.4 Å². The Hall–Kier alpha value is -1.95. The van der Waals surface area contributed by atoms with Gasteiger partial charge in [0.05, 0.1) is 25.4 Å². The molecule has 3 rings (SSSR count). The van der Waals surface area contributed by atoms with Crippen LogP contribution in [0.3, 0.4) is 0 Å². The predicted octanol–water partition coefficient (Wildman–Crippen LogP) is 2.54. The molecule has 25 heavy (non-hydrogen) atoms. The van der Waals surface area contributed by atoms with Gasteiger partial charge in [0.25, 0.3) is 0 Å². The first-order valence-electron chi connectivity index (χ1n) is 8.94. The summed E-state index contributed by atoms with van der Waals surface area (Å²) in [6.45, 7) is 2.15. The maximum Gasteiger partial charge on any atom is 0.222 e. The largest absolute Gasteiger partial charge is 0.378 e. The lowest BCUT2D eigenvalue weighted by atomic mass is 10.0. The number of fused-ring (bicyclic) bond motifs is 1. The summed E-state index contributed by atoms with van der Waals surface area (Å²) in [6, 6.07) is 14.1. The van der Waals surface area contributed by atoms with Gasteiger partial charge >= 0.3 is 0 Å². The third-order valence-corrected chi connectivity index (χ3v) is 4.55. The van der Waals surface area contributed by atoms with E-state index in [-0.39, 0.29) is 18.1 Å². The lowest BCUT2D eigenvalue weighted by Crippen LogP contribution is -2.34. The molecule has 134 valence electrons. The van der Waals surface area contributed by atoms with E-state index in [0.29, 0.717) is 26.2 Å². The Morgan fingerprint density at radius 3 is 2.88 bits per heavy atom. The van der Waals surface area contributed by atoms with Crippen molar-refractivity contribution < 1.29 is 14.3 Å². The van der Waals surface area contributed by atoms with E-state index in [0.717, 1.165) is 30.4 Å². The summed E-state index contributed by atoms with van der Waals surface area (Å²) >= 11 is 0. The number of nitrogens with one attached hydrogen (secondary N) is 1. The summed E-state index contributed by atoms with van der Waals surface area (Å²) in [5, 5.41) is 5.32. The lowest BCUT2D eigenvalue weighted by molar-refractivity contribution is -0.123. The highest BCUT2D eigenvalue weighted by Crippen LogP contribution is 2.20. The van der Waals surface area contributed by atoms with Crippen LogP contribution >= 0.6 is 0 Å². The highest BCUT2D eigenvalue weighted by molar-refractivity contribution is 5.83. The monoisotopic (exact) mass is 342 g/mol. The molecule has 0 saturated carbocycles. The average Bonchev–Trinajstić information content (AvgIpc) is 3.16. The van der Waals surface area contributed by atoms with Gasteiger partial charge in [0.2, 0.25) is 5.91 Å². The molecule has 1 aliphatic heterocycles. The molecule has 5 heteroatoms. The first-order valence-corrected chi connectivity index (χ1v) is 8.94. The van der Waals surface area contributed by atoms with E-state index < -0.39 is 0 Å². The van der Waals surface area contributed by atoms with E-state index in [1.54, 1.807) is 0 Å². The van der Waals surface area contributed by atoms with Gasteiger partial charge in [-0.3, -0.25) is 4.79 Å². The third kappa shape index (κ3) is 5.01. The average molecular weight is 342 g/mol. The van der Waals surface area contributed by atoms with E-state index >= 15 is 0 Å². The van der Waals surface area contributed by atoms with Gasteiger partial charge in [-0.2, -0.15) is 0 Å². The number of hydrogen-bond acceptors (Lipinski definition) is 4.